The van der Waals surface area contributed by atoms with Crippen molar-refractivity contribution in [2.24, 2.45) is 0 Å². The van der Waals surface area contributed by atoms with E-state index >= 15 is 0 Å². The third-order valence-corrected chi connectivity index (χ3v) is 10.3. The maximum atomic E-state index is 13.7. The van der Waals surface area contributed by atoms with Crippen molar-refractivity contribution < 1.29 is 125 Å². The quantitative estimate of drug-likeness (QED) is 0.0199. The van der Waals surface area contributed by atoms with E-state index in [1.54, 1.807) is 18.2 Å². The second-order valence-electron chi connectivity index (χ2n) is 14.0. The van der Waals surface area contributed by atoms with Crippen LogP contribution in [0.1, 0.15) is 62.2 Å². The van der Waals surface area contributed by atoms with Crippen molar-refractivity contribution >= 4 is 22.3 Å². The molecule has 21 nitrogen and oxygen atoms in total. The zero-order chi connectivity index (χ0) is 41.9. The summed E-state index contributed by atoms with van der Waals surface area (Å²) in [6, 6.07) is 6.38. The van der Waals surface area contributed by atoms with Crippen LogP contribution in [0.15, 0.2) is 30.3 Å². The van der Waals surface area contributed by atoms with Crippen LogP contribution in [0.2, 0.25) is 0 Å². The number of aliphatic hydroxyl groups excluding tert-OH is 7. The van der Waals surface area contributed by atoms with Crippen molar-refractivity contribution in [3.63, 3.8) is 0 Å². The van der Waals surface area contributed by atoms with Crippen molar-refractivity contribution in [3.05, 3.63) is 35.9 Å². The monoisotopic (exact) mass is 863 g/mol. The number of ether oxygens (including phenoxy) is 7. The van der Waals surface area contributed by atoms with E-state index in [-0.39, 0.29) is 47.7 Å². The number of benzene rings is 1. The summed E-state index contributed by atoms with van der Waals surface area (Å²) in [5, 5.41) is 76.7. The Labute approximate surface area is 358 Å². The summed E-state index contributed by atoms with van der Waals surface area (Å²) in [6.07, 6.45) is -19.9. The van der Waals surface area contributed by atoms with E-state index in [1.165, 1.54) is 26.2 Å². The molecule has 3 aliphatic heterocycles. The van der Waals surface area contributed by atoms with Crippen molar-refractivity contribution in [1.82, 2.24) is 5.32 Å². The summed E-state index contributed by atoms with van der Waals surface area (Å²) >= 11 is 0. The molecule has 0 unspecified atom stereocenters. The maximum Gasteiger partial charge on any atom is 1.00 e. The fourth-order valence-corrected chi connectivity index (χ4v) is 7.23. The van der Waals surface area contributed by atoms with Gasteiger partial charge in [-0.2, -0.15) is 0 Å². The predicted octanol–water partition coefficient (Wildman–Crippen LogP) is -5.69. The van der Waals surface area contributed by atoms with Gasteiger partial charge < -0.3 is 78.8 Å². The fraction of sp³-hybridized carbons (Fsp3) is 0.771. The summed E-state index contributed by atoms with van der Waals surface area (Å²) in [5.41, 5.74) is 0.160. The summed E-state index contributed by atoms with van der Waals surface area (Å²) in [4.78, 5) is 25.1. The van der Waals surface area contributed by atoms with Gasteiger partial charge in [0, 0.05) is 18.6 Å². The van der Waals surface area contributed by atoms with Crippen LogP contribution < -0.4 is 34.9 Å². The van der Waals surface area contributed by atoms with Crippen molar-refractivity contribution in [3.8, 4) is 0 Å². The van der Waals surface area contributed by atoms with E-state index < -0.39 is 122 Å². The van der Waals surface area contributed by atoms with Gasteiger partial charge in [0.1, 0.15) is 67.1 Å². The van der Waals surface area contributed by atoms with Crippen LogP contribution in [0.25, 0.3) is 0 Å². The molecule has 0 spiro atoms. The van der Waals surface area contributed by atoms with Gasteiger partial charge in [-0.05, 0) is 31.9 Å². The molecule has 1 aromatic carbocycles. The molecule has 326 valence electrons. The van der Waals surface area contributed by atoms with Crippen molar-refractivity contribution in [1.29, 1.82) is 0 Å². The zero-order valence-electron chi connectivity index (χ0n) is 32.5. The number of hydrogen-bond acceptors (Lipinski definition) is 20. The number of hydrogen-bond donors (Lipinski definition) is 8. The van der Waals surface area contributed by atoms with Gasteiger partial charge in [-0.1, -0.05) is 43.9 Å². The average molecular weight is 864 g/mol. The van der Waals surface area contributed by atoms with Gasteiger partial charge in [0.2, 0.25) is 10.4 Å². The topological polar surface area (TPSA) is 319 Å². The molecule has 0 saturated carbocycles. The summed E-state index contributed by atoms with van der Waals surface area (Å²) in [7, 11) is -4.23. The molecule has 0 bridgehead atoms. The minimum atomic E-state index is -5.56. The van der Waals surface area contributed by atoms with Crippen LogP contribution in [-0.2, 0) is 52.5 Å². The Balaban J connectivity index is 0.00000900. The normalized spacial score (nSPS) is 35.4. The second kappa shape index (κ2) is 24.2. The van der Waals surface area contributed by atoms with Crippen LogP contribution >= 0.6 is 0 Å². The zero-order valence-corrected chi connectivity index (χ0v) is 35.3. The minimum absolute atomic E-state index is 0. The van der Waals surface area contributed by atoms with E-state index in [4.69, 9.17) is 28.4 Å². The molecule has 3 aliphatic rings. The Hall–Kier alpha value is -1.49. The first-order valence-electron chi connectivity index (χ1n) is 18.7. The summed E-state index contributed by atoms with van der Waals surface area (Å²) < 4.78 is 79.5. The molecule has 3 heterocycles. The minimum Gasteiger partial charge on any atom is -0.726 e. The third kappa shape index (κ3) is 14.0. The number of unbranched alkanes of at least 4 members (excludes halogenated alkanes) is 5. The maximum absolute atomic E-state index is 13.7. The van der Waals surface area contributed by atoms with Gasteiger partial charge >= 0.3 is 35.5 Å². The molecular weight excluding hydrogens is 809 g/mol. The van der Waals surface area contributed by atoms with Gasteiger partial charge in [-0.15, -0.1) is 0 Å². The van der Waals surface area contributed by atoms with Gasteiger partial charge in [0.15, 0.2) is 18.9 Å². The predicted molar refractivity (Wildman–Crippen MR) is 188 cm³/mol. The Morgan fingerprint density at radius 3 is 1.95 bits per heavy atom. The number of aliphatic hydroxyl groups is 7. The number of methoxy groups -OCH3 is 1. The van der Waals surface area contributed by atoms with Gasteiger partial charge in [-0.25, -0.2) is 8.42 Å². The number of rotatable bonds is 20. The average Bonchev–Trinajstić information content (AvgIpc) is 3.19. The first-order valence-corrected chi connectivity index (χ1v) is 20.0. The van der Waals surface area contributed by atoms with E-state index in [1.807, 2.05) is 0 Å². The molecule has 1 amide bonds. The van der Waals surface area contributed by atoms with Crippen LogP contribution in [0, 0.1) is 0 Å². The van der Waals surface area contributed by atoms with E-state index in [9.17, 15) is 58.3 Å². The molecule has 58 heavy (non-hydrogen) atoms. The molecule has 8 N–H and O–H groups in total. The molecule has 4 rings (SSSR count). The van der Waals surface area contributed by atoms with Gasteiger partial charge in [0.25, 0.3) is 5.91 Å². The molecule has 15 atom stereocenters. The Bertz CT molecular complexity index is 1500. The standard InChI is InChI=1S/C35H55NO20S.Na/c1-18-24(40)26(42)27(43)34(51-18)54-29-21(17-38)53-33(50-15-11-6-4-3-5-10-14-22(39)49-2)23(36-32(45)19-12-8-7-9-13-19)30(29)55-35-28(44)31(56-57(46,47)48)25(41)20(16-37)52-35;/h7-9,12-13,18,20-21,23-31,33-35,37-38,40-44H,3-6,10-11,14-17H2,1-2H3,(H,36,45)(H,46,47,48);/q;+1/p-1/t18-,20+,21+,23+,24+,25-,26+,27-,28+,29+,30+,31-,33+,34-,35-;/m0./s1. The molecule has 0 aromatic heterocycles. The van der Waals surface area contributed by atoms with Crippen molar-refractivity contribution in [2.45, 2.75) is 144 Å². The first-order chi connectivity index (χ1) is 27.1. The Morgan fingerprint density at radius 2 is 1.33 bits per heavy atom. The molecule has 3 fully saturated rings. The number of carbonyl (C=O) groups is 2. The molecule has 23 heteroatoms. The smallest absolute Gasteiger partial charge is 0.726 e. The molecule has 1 aromatic rings. The molecule has 3 saturated heterocycles. The largest absolute Gasteiger partial charge is 1.00 e. The van der Waals surface area contributed by atoms with Gasteiger partial charge in [-0.3, -0.25) is 13.8 Å². The SMILES string of the molecule is COC(=O)CCCCCCCCO[C@@H]1O[C@H](CO)[C@@H](O[C@@H]2O[C@@H](C)[C@@H](O)[C@@H](O)[C@@H]2O)[C@H](O[C@@H]2O[C@H](CO)[C@H](O)[C@H](OS(=O)(=O)[O-])[C@H]2O)[C@H]1NC(=O)c1ccccc1.[Na+]. The van der Waals surface area contributed by atoms with Crippen LogP contribution in [0.3, 0.4) is 0 Å². The van der Waals surface area contributed by atoms with E-state index in [2.05, 4.69) is 14.2 Å². The summed E-state index contributed by atoms with van der Waals surface area (Å²) in [6.45, 7) is -0.377. The number of amides is 1. The fourth-order valence-electron chi connectivity index (χ4n) is 6.73. The van der Waals surface area contributed by atoms with Gasteiger partial charge in [0.05, 0.1) is 26.4 Å². The first kappa shape index (κ1) is 50.9. The number of carbonyl (C=O) groups excluding carboxylic acids is 2. The molecule has 0 radical (unpaired) electrons. The van der Waals surface area contributed by atoms with Crippen molar-refractivity contribution in [2.75, 3.05) is 26.9 Å². The van der Waals surface area contributed by atoms with Crippen LogP contribution in [0.4, 0.5) is 0 Å². The molecule has 0 aliphatic carbocycles. The Kier molecular flexibility index (Phi) is 21.2. The number of nitrogens with one attached hydrogen (secondary N) is 1. The summed E-state index contributed by atoms with van der Waals surface area (Å²) in [5.74, 6) is -0.985. The number of esters is 1. The van der Waals surface area contributed by atoms with Crippen LogP contribution in [-0.4, -0.2) is 180 Å². The van der Waals surface area contributed by atoms with E-state index in [0.29, 0.717) is 25.7 Å². The van der Waals surface area contributed by atoms with Crippen LogP contribution in [0.5, 0.6) is 0 Å². The Morgan fingerprint density at radius 1 is 0.741 bits per heavy atom. The third-order valence-electron chi connectivity index (χ3n) is 9.89. The van der Waals surface area contributed by atoms with E-state index in [0.717, 1.165) is 19.3 Å². The molecular formula is C35H54NNaO20S. The second-order valence-corrected chi connectivity index (χ2v) is 15.0.